The minimum absolute atomic E-state index is 0.125. The molecule has 2 N–H and O–H groups in total. The van der Waals surface area contributed by atoms with Gasteiger partial charge in [-0.25, -0.2) is 0 Å². The quantitative estimate of drug-likeness (QED) is 0.838. The van der Waals surface area contributed by atoms with Gasteiger partial charge in [-0.1, -0.05) is 0 Å². The molecule has 4 nitrogen and oxygen atoms in total. The van der Waals surface area contributed by atoms with Crippen LogP contribution in [0.15, 0.2) is 11.4 Å². The average molecular weight is 250 g/mol. The van der Waals surface area contributed by atoms with Gasteiger partial charge in [-0.05, 0) is 37.1 Å². The van der Waals surface area contributed by atoms with E-state index in [4.69, 9.17) is 5.26 Å². The van der Waals surface area contributed by atoms with Gasteiger partial charge in [0.15, 0.2) is 0 Å². The molecule has 5 heteroatoms. The Hall–Kier alpha value is -1.38. The van der Waals surface area contributed by atoms with Gasteiger partial charge in [0.2, 0.25) is 0 Å². The summed E-state index contributed by atoms with van der Waals surface area (Å²) >= 11 is 1.29. The summed E-state index contributed by atoms with van der Waals surface area (Å²) in [6.45, 7) is 0. The molecule has 1 aliphatic carbocycles. The van der Waals surface area contributed by atoms with Crippen LogP contribution in [0.1, 0.15) is 40.9 Å². The van der Waals surface area contributed by atoms with E-state index in [0.717, 1.165) is 25.7 Å². The highest BCUT2D eigenvalue weighted by Crippen LogP contribution is 2.20. The Labute approximate surface area is 104 Å². The summed E-state index contributed by atoms with van der Waals surface area (Å²) in [7, 11) is 0. The van der Waals surface area contributed by atoms with Crippen molar-refractivity contribution in [3.63, 3.8) is 0 Å². The van der Waals surface area contributed by atoms with Gasteiger partial charge < -0.3 is 10.4 Å². The zero-order chi connectivity index (χ0) is 12.3. The van der Waals surface area contributed by atoms with Gasteiger partial charge in [0.25, 0.3) is 5.91 Å². The van der Waals surface area contributed by atoms with Crippen LogP contribution >= 0.6 is 11.3 Å². The second-order valence-electron chi connectivity index (χ2n) is 4.25. The minimum atomic E-state index is -0.223. The van der Waals surface area contributed by atoms with Crippen molar-refractivity contribution in [2.24, 2.45) is 0 Å². The normalized spacial score (nSPS) is 24.0. The smallest absolute Gasteiger partial charge is 0.262 e. The van der Waals surface area contributed by atoms with Gasteiger partial charge in [0.1, 0.15) is 10.9 Å². The van der Waals surface area contributed by atoms with Crippen molar-refractivity contribution in [2.75, 3.05) is 0 Å². The highest BCUT2D eigenvalue weighted by Gasteiger charge is 2.22. The Kier molecular flexibility index (Phi) is 3.77. The zero-order valence-corrected chi connectivity index (χ0v) is 10.2. The van der Waals surface area contributed by atoms with Crippen LogP contribution in [-0.4, -0.2) is 23.2 Å². The fourth-order valence-electron chi connectivity index (χ4n) is 2.04. The van der Waals surface area contributed by atoms with Crippen molar-refractivity contribution < 1.29 is 9.90 Å². The monoisotopic (exact) mass is 250 g/mol. The average Bonchev–Trinajstić information content (AvgIpc) is 2.80. The molecule has 0 spiro atoms. The molecule has 90 valence electrons. The number of thiophene rings is 1. The number of nitrogens with one attached hydrogen (secondary N) is 1. The molecule has 1 aromatic rings. The summed E-state index contributed by atoms with van der Waals surface area (Å²) in [6.07, 6.45) is 2.86. The first kappa shape index (κ1) is 12.1. The SMILES string of the molecule is N#Cc1ccsc1C(=O)NC1CCC(O)CC1. The second-order valence-corrected chi connectivity index (χ2v) is 5.17. The predicted molar refractivity (Wildman–Crippen MR) is 64.8 cm³/mol. The van der Waals surface area contributed by atoms with Crippen LogP contribution in [0, 0.1) is 11.3 Å². The van der Waals surface area contributed by atoms with Gasteiger partial charge in [0.05, 0.1) is 11.7 Å². The number of carbonyl (C=O) groups is 1. The summed E-state index contributed by atoms with van der Waals surface area (Å²) in [5.74, 6) is -0.169. The number of amides is 1. The van der Waals surface area contributed by atoms with E-state index in [1.165, 1.54) is 11.3 Å². The van der Waals surface area contributed by atoms with Gasteiger partial charge in [-0.3, -0.25) is 4.79 Å². The Morgan fingerprint density at radius 1 is 1.47 bits per heavy atom. The molecule has 1 aromatic heterocycles. The third-order valence-electron chi connectivity index (χ3n) is 3.02. The van der Waals surface area contributed by atoms with E-state index in [1.807, 2.05) is 6.07 Å². The van der Waals surface area contributed by atoms with Gasteiger partial charge in [-0.2, -0.15) is 5.26 Å². The summed E-state index contributed by atoms with van der Waals surface area (Å²) in [5, 5.41) is 22.9. The van der Waals surface area contributed by atoms with Crippen molar-refractivity contribution in [3.05, 3.63) is 21.9 Å². The Morgan fingerprint density at radius 3 is 2.82 bits per heavy atom. The molecule has 0 radical (unpaired) electrons. The lowest BCUT2D eigenvalue weighted by Crippen LogP contribution is -2.38. The first-order valence-corrected chi connectivity index (χ1v) is 6.55. The molecule has 2 rings (SSSR count). The molecule has 1 fully saturated rings. The lowest BCUT2D eigenvalue weighted by atomic mass is 9.93. The topological polar surface area (TPSA) is 73.1 Å². The van der Waals surface area contributed by atoms with Crippen LogP contribution in [0.25, 0.3) is 0 Å². The molecule has 0 atom stereocenters. The Morgan fingerprint density at radius 2 is 2.18 bits per heavy atom. The summed E-state index contributed by atoms with van der Waals surface area (Å²) in [6, 6.07) is 3.79. The van der Waals surface area contributed by atoms with Crippen LogP contribution in [-0.2, 0) is 0 Å². The Balaban J connectivity index is 1.96. The van der Waals surface area contributed by atoms with E-state index in [1.54, 1.807) is 11.4 Å². The molecular formula is C12H14N2O2S. The second kappa shape index (κ2) is 5.30. The maximum absolute atomic E-state index is 11.9. The first-order valence-electron chi connectivity index (χ1n) is 5.67. The van der Waals surface area contributed by atoms with Crippen molar-refractivity contribution >= 4 is 17.2 Å². The van der Waals surface area contributed by atoms with E-state index in [-0.39, 0.29) is 18.1 Å². The number of hydrogen-bond donors (Lipinski definition) is 2. The number of aliphatic hydroxyl groups is 1. The van der Waals surface area contributed by atoms with Crippen LogP contribution in [0.3, 0.4) is 0 Å². The summed E-state index contributed by atoms with van der Waals surface area (Å²) in [5.41, 5.74) is 0.434. The number of hydrogen-bond acceptors (Lipinski definition) is 4. The van der Waals surface area contributed by atoms with Crippen LogP contribution in [0.2, 0.25) is 0 Å². The third kappa shape index (κ3) is 2.84. The molecular weight excluding hydrogens is 236 g/mol. The van der Waals surface area contributed by atoms with Crippen molar-refractivity contribution in [2.45, 2.75) is 37.8 Å². The first-order chi connectivity index (χ1) is 8.20. The molecule has 1 aliphatic rings. The van der Waals surface area contributed by atoms with E-state index >= 15 is 0 Å². The molecule has 0 aliphatic heterocycles. The molecule has 1 amide bonds. The molecule has 17 heavy (non-hydrogen) atoms. The van der Waals surface area contributed by atoms with Gasteiger partial charge in [0, 0.05) is 6.04 Å². The molecule has 0 unspecified atom stereocenters. The van der Waals surface area contributed by atoms with E-state index < -0.39 is 0 Å². The van der Waals surface area contributed by atoms with Crippen molar-refractivity contribution in [1.82, 2.24) is 5.32 Å². The van der Waals surface area contributed by atoms with Crippen LogP contribution in [0.5, 0.6) is 0 Å². The molecule has 0 aromatic carbocycles. The largest absolute Gasteiger partial charge is 0.393 e. The van der Waals surface area contributed by atoms with E-state index in [9.17, 15) is 9.90 Å². The molecule has 1 saturated carbocycles. The number of aliphatic hydroxyl groups excluding tert-OH is 1. The van der Waals surface area contributed by atoms with Gasteiger partial charge >= 0.3 is 0 Å². The highest BCUT2D eigenvalue weighted by atomic mass is 32.1. The molecule has 0 saturated heterocycles. The standard InChI is InChI=1S/C12H14N2O2S/c13-7-8-5-6-17-11(8)12(16)14-9-1-3-10(15)4-2-9/h5-6,9-10,15H,1-4H2,(H,14,16). The highest BCUT2D eigenvalue weighted by molar-refractivity contribution is 7.12. The molecule has 1 heterocycles. The van der Waals surface area contributed by atoms with Gasteiger partial charge in [-0.15, -0.1) is 11.3 Å². The fourth-order valence-corrected chi connectivity index (χ4v) is 2.79. The summed E-state index contributed by atoms with van der Waals surface area (Å²) in [4.78, 5) is 12.4. The third-order valence-corrected chi connectivity index (χ3v) is 3.94. The number of carbonyl (C=O) groups excluding carboxylic acids is 1. The van der Waals surface area contributed by atoms with E-state index in [0.29, 0.717) is 10.4 Å². The van der Waals surface area contributed by atoms with Crippen molar-refractivity contribution in [1.29, 1.82) is 5.26 Å². The number of rotatable bonds is 2. The maximum Gasteiger partial charge on any atom is 0.262 e. The van der Waals surface area contributed by atoms with Crippen LogP contribution < -0.4 is 5.32 Å². The molecule has 0 bridgehead atoms. The Bertz CT molecular complexity index is 442. The zero-order valence-electron chi connectivity index (χ0n) is 9.35. The minimum Gasteiger partial charge on any atom is -0.393 e. The lowest BCUT2D eigenvalue weighted by Gasteiger charge is -2.25. The van der Waals surface area contributed by atoms with Crippen molar-refractivity contribution in [3.8, 4) is 6.07 Å². The fraction of sp³-hybridized carbons (Fsp3) is 0.500. The number of nitriles is 1. The number of nitrogens with zero attached hydrogens (tertiary/aromatic N) is 1. The summed E-state index contributed by atoms with van der Waals surface area (Å²) < 4.78 is 0. The predicted octanol–water partition coefficient (Wildman–Crippen LogP) is 1.65. The maximum atomic E-state index is 11.9. The van der Waals surface area contributed by atoms with E-state index in [2.05, 4.69) is 5.32 Å². The van der Waals surface area contributed by atoms with Crippen LogP contribution in [0.4, 0.5) is 0 Å². The lowest BCUT2D eigenvalue weighted by molar-refractivity contribution is 0.0871.